The molecule has 0 saturated carbocycles. The summed E-state index contributed by atoms with van der Waals surface area (Å²) in [5, 5.41) is 8.65. The van der Waals surface area contributed by atoms with E-state index in [1.807, 2.05) is 36.9 Å². The van der Waals surface area contributed by atoms with Gasteiger partial charge in [0, 0.05) is 28.5 Å². The lowest BCUT2D eigenvalue weighted by molar-refractivity contribution is 0.728. The van der Waals surface area contributed by atoms with Gasteiger partial charge in [-0.15, -0.1) is 0 Å². The van der Waals surface area contributed by atoms with E-state index in [9.17, 15) is 0 Å². The summed E-state index contributed by atoms with van der Waals surface area (Å²) in [7, 11) is 1.97. The Morgan fingerprint density at radius 3 is 2.58 bits per heavy atom. The molecule has 1 atom stereocenters. The van der Waals surface area contributed by atoms with Gasteiger partial charge in [0.25, 0.3) is 0 Å². The highest BCUT2D eigenvalue weighted by molar-refractivity contribution is 9.10. The largest absolute Gasteiger partial charge is 0.378 e. The molecule has 0 radical (unpaired) electrons. The Labute approximate surface area is 127 Å². The molecule has 1 N–H and O–H groups in total. The third kappa shape index (κ3) is 2.95. The molecular formula is C14H17BrClN3. The summed E-state index contributed by atoms with van der Waals surface area (Å²) < 4.78 is 2.81. The maximum Gasteiger partial charge on any atom is 0.0649 e. The molecule has 5 heteroatoms. The molecular weight excluding hydrogens is 326 g/mol. The van der Waals surface area contributed by atoms with E-state index in [1.165, 1.54) is 11.3 Å². The van der Waals surface area contributed by atoms with Crippen molar-refractivity contribution in [2.24, 2.45) is 7.05 Å². The van der Waals surface area contributed by atoms with Crippen LogP contribution in [0, 0.1) is 13.8 Å². The molecule has 0 saturated heterocycles. The van der Waals surface area contributed by atoms with Crippen molar-refractivity contribution < 1.29 is 0 Å². The molecule has 0 aliphatic rings. The number of aromatic nitrogens is 2. The third-order valence-corrected chi connectivity index (χ3v) is 4.51. The minimum absolute atomic E-state index is 0.196. The molecule has 3 nitrogen and oxygen atoms in total. The molecule has 1 unspecified atom stereocenters. The van der Waals surface area contributed by atoms with Gasteiger partial charge in [-0.1, -0.05) is 11.6 Å². The molecule has 2 rings (SSSR count). The van der Waals surface area contributed by atoms with Crippen LogP contribution in [0.2, 0.25) is 5.02 Å². The minimum Gasteiger partial charge on any atom is -0.378 e. The fourth-order valence-electron chi connectivity index (χ4n) is 2.32. The second-order valence-electron chi connectivity index (χ2n) is 4.70. The molecule has 0 aliphatic carbocycles. The van der Waals surface area contributed by atoms with E-state index in [1.54, 1.807) is 0 Å². The summed E-state index contributed by atoms with van der Waals surface area (Å²) >= 11 is 9.44. The highest BCUT2D eigenvalue weighted by Crippen LogP contribution is 2.29. The second-order valence-corrected chi connectivity index (χ2v) is 5.96. The van der Waals surface area contributed by atoms with Gasteiger partial charge in [-0.05, 0) is 54.9 Å². The number of aryl methyl sites for hydroxylation is 2. The number of anilines is 1. The van der Waals surface area contributed by atoms with Crippen molar-refractivity contribution in [1.29, 1.82) is 0 Å². The Morgan fingerprint density at radius 1 is 1.37 bits per heavy atom. The van der Waals surface area contributed by atoms with Crippen LogP contribution >= 0.6 is 27.5 Å². The summed E-state index contributed by atoms with van der Waals surface area (Å²) in [6.07, 6.45) is 0. The van der Waals surface area contributed by atoms with Gasteiger partial charge in [-0.25, -0.2) is 0 Å². The number of nitrogens with one attached hydrogen (secondary N) is 1. The van der Waals surface area contributed by atoms with Gasteiger partial charge >= 0.3 is 0 Å². The molecule has 19 heavy (non-hydrogen) atoms. The van der Waals surface area contributed by atoms with Crippen LogP contribution in [0.25, 0.3) is 0 Å². The quantitative estimate of drug-likeness (QED) is 0.881. The molecule has 0 fully saturated rings. The van der Waals surface area contributed by atoms with Crippen molar-refractivity contribution in [3.8, 4) is 0 Å². The molecule has 0 amide bonds. The van der Waals surface area contributed by atoms with Gasteiger partial charge in [0.05, 0.1) is 16.8 Å². The lowest BCUT2D eigenvalue weighted by atomic mass is 10.1. The summed E-state index contributed by atoms with van der Waals surface area (Å²) in [6, 6.07) is 6.04. The topological polar surface area (TPSA) is 29.9 Å². The minimum atomic E-state index is 0.196. The van der Waals surface area contributed by atoms with Gasteiger partial charge in [0.1, 0.15) is 0 Å². The standard InChI is InChI=1S/C14H17BrClN3/c1-8(14-9(2)18-19(4)10(14)3)17-11-5-6-13(16)12(15)7-11/h5-8,17H,1-4H3. The predicted octanol–water partition coefficient (Wildman–Crippen LogP) is 4.63. The van der Waals surface area contributed by atoms with Crippen LogP contribution < -0.4 is 5.32 Å². The number of halogens is 2. The first kappa shape index (κ1) is 14.4. The van der Waals surface area contributed by atoms with Crippen LogP contribution in [0.3, 0.4) is 0 Å². The van der Waals surface area contributed by atoms with E-state index in [2.05, 4.69) is 40.2 Å². The lowest BCUT2D eigenvalue weighted by Gasteiger charge is -2.16. The Kier molecular flexibility index (Phi) is 4.21. The normalized spacial score (nSPS) is 12.5. The Balaban J connectivity index is 2.25. The molecule has 0 spiro atoms. The van der Waals surface area contributed by atoms with E-state index in [4.69, 9.17) is 11.6 Å². The first-order valence-corrected chi connectivity index (χ1v) is 7.29. The average Bonchev–Trinajstić information content (AvgIpc) is 2.58. The van der Waals surface area contributed by atoms with Crippen molar-refractivity contribution in [3.05, 3.63) is 44.6 Å². The summed E-state index contributed by atoms with van der Waals surface area (Å²) in [4.78, 5) is 0. The maximum absolute atomic E-state index is 6.00. The fraction of sp³-hybridized carbons (Fsp3) is 0.357. The van der Waals surface area contributed by atoms with Gasteiger partial charge in [0.2, 0.25) is 0 Å². The van der Waals surface area contributed by atoms with E-state index in [0.29, 0.717) is 5.02 Å². The SMILES string of the molecule is Cc1nn(C)c(C)c1C(C)Nc1ccc(Cl)c(Br)c1. The molecule has 2 aromatic rings. The predicted molar refractivity (Wildman–Crippen MR) is 83.9 cm³/mol. The third-order valence-electron chi connectivity index (χ3n) is 3.30. The van der Waals surface area contributed by atoms with E-state index < -0.39 is 0 Å². The van der Waals surface area contributed by atoms with Crippen molar-refractivity contribution in [1.82, 2.24) is 9.78 Å². The molecule has 1 aromatic carbocycles. The number of nitrogens with zero attached hydrogens (tertiary/aromatic N) is 2. The van der Waals surface area contributed by atoms with Crippen LogP contribution in [0.15, 0.2) is 22.7 Å². The van der Waals surface area contributed by atoms with E-state index in [0.717, 1.165) is 15.9 Å². The number of hydrogen-bond acceptors (Lipinski definition) is 2. The number of benzene rings is 1. The van der Waals surface area contributed by atoms with Crippen molar-refractivity contribution >= 4 is 33.2 Å². The van der Waals surface area contributed by atoms with Crippen LogP contribution in [-0.2, 0) is 7.05 Å². The first-order chi connectivity index (χ1) is 8.90. The van der Waals surface area contributed by atoms with E-state index in [-0.39, 0.29) is 6.04 Å². The summed E-state index contributed by atoms with van der Waals surface area (Å²) in [6.45, 7) is 6.27. The Hall–Kier alpha value is -1.000. The van der Waals surface area contributed by atoms with Gasteiger partial charge in [-0.2, -0.15) is 5.10 Å². The highest BCUT2D eigenvalue weighted by Gasteiger charge is 2.16. The molecule has 1 aromatic heterocycles. The Morgan fingerprint density at radius 2 is 2.05 bits per heavy atom. The van der Waals surface area contributed by atoms with Crippen LogP contribution in [0.4, 0.5) is 5.69 Å². The van der Waals surface area contributed by atoms with Crippen LogP contribution in [0.1, 0.15) is 29.9 Å². The molecule has 102 valence electrons. The maximum atomic E-state index is 6.00. The van der Waals surface area contributed by atoms with Crippen molar-refractivity contribution in [2.75, 3.05) is 5.32 Å². The zero-order valence-electron chi connectivity index (χ0n) is 11.5. The second kappa shape index (κ2) is 5.55. The zero-order valence-corrected chi connectivity index (χ0v) is 13.8. The smallest absolute Gasteiger partial charge is 0.0649 e. The monoisotopic (exact) mass is 341 g/mol. The highest BCUT2D eigenvalue weighted by atomic mass is 79.9. The lowest BCUT2D eigenvalue weighted by Crippen LogP contribution is -2.09. The molecule has 1 heterocycles. The van der Waals surface area contributed by atoms with Crippen LogP contribution in [0.5, 0.6) is 0 Å². The number of hydrogen-bond donors (Lipinski definition) is 1. The molecule has 0 aliphatic heterocycles. The van der Waals surface area contributed by atoms with Crippen molar-refractivity contribution in [3.63, 3.8) is 0 Å². The summed E-state index contributed by atoms with van der Waals surface area (Å²) in [5.41, 5.74) is 4.53. The van der Waals surface area contributed by atoms with Crippen molar-refractivity contribution in [2.45, 2.75) is 26.8 Å². The Bertz CT molecular complexity index is 607. The van der Waals surface area contributed by atoms with E-state index >= 15 is 0 Å². The summed E-state index contributed by atoms with van der Waals surface area (Å²) in [5.74, 6) is 0. The average molecular weight is 343 g/mol. The fourth-order valence-corrected chi connectivity index (χ4v) is 2.82. The first-order valence-electron chi connectivity index (χ1n) is 6.12. The van der Waals surface area contributed by atoms with Gasteiger partial charge in [0.15, 0.2) is 0 Å². The van der Waals surface area contributed by atoms with Crippen LogP contribution in [-0.4, -0.2) is 9.78 Å². The molecule has 0 bridgehead atoms. The zero-order chi connectivity index (χ0) is 14.2. The van der Waals surface area contributed by atoms with Gasteiger partial charge in [-0.3, -0.25) is 4.68 Å². The van der Waals surface area contributed by atoms with Gasteiger partial charge < -0.3 is 5.32 Å². The number of rotatable bonds is 3.